The third kappa shape index (κ3) is 3.48. The van der Waals surface area contributed by atoms with Gasteiger partial charge in [0.25, 0.3) is 5.69 Å². The largest absolute Gasteiger partial charge is 0.425 e. The number of carbonyl (C=O) groups is 2. The molecule has 0 N–H and O–H groups in total. The molecule has 0 aromatic heterocycles. The smallest absolute Gasteiger partial charge is 0.308 e. The summed E-state index contributed by atoms with van der Waals surface area (Å²) in [7, 11) is 0. The van der Waals surface area contributed by atoms with E-state index in [0.29, 0.717) is 5.56 Å². The lowest BCUT2D eigenvalue weighted by molar-refractivity contribution is -0.384. The molecular weight excluding hydrogens is 310 g/mol. The van der Waals surface area contributed by atoms with E-state index in [4.69, 9.17) is 16.3 Å². The van der Waals surface area contributed by atoms with Gasteiger partial charge in [-0.2, -0.15) is 0 Å². The summed E-state index contributed by atoms with van der Waals surface area (Å²) in [6, 6.07) is 9.51. The minimum Gasteiger partial charge on any atom is -0.425 e. The van der Waals surface area contributed by atoms with E-state index in [0.717, 1.165) is 0 Å². The number of halogens is 1. The summed E-state index contributed by atoms with van der Waals surface area (Å²) in [6.45, 7) is 1.24. The first-order valence-corrected chi connectivity index (χ1v) is 6.53. The van der Waals surface area contributed by atoms with Crippen molar-refractivity contribution in [2.45, 2.75) is 6.92 Å². The third-order valence-corrected chi connectivity index (χ3v) is 3.08. The molecule has 22 heavy (non-hydrogen) atoms. The highest BCUT2D eigenvalue weighted by atomic mass is 35.5. The van der Waals surface area contributed by atoms with Crippen LogP contribution in [0.15, 0.2) is 42.5 Å². The zero-order valence-electron chi connectivity index (χ0n) is 11.4. The SMILES string of the molecule is CC(=O)Oc1ccc(C(=O)c2ccc([N+](=O)[O-])cc2)cc1Cl. The second kappa shape index (κ2) is 6.36. The van der Waals surface area contributed by atoms with Gasteiger partial charge >= 0.3 is 5.97 Å². The Morgan fingerprint density at radius 3 is 2.18 bits per heavy atom. The number of hydrogen-bond acceptors (Lipinski definition) is 5. The number of rotatable bonds is 4. The zero-order valence-corrected chi connectivity index (χ0v) is 12.2. The molecule has 0 heterocycles. The number of nitro groups is 1. The maximum atomic E-state index is 12.3. The molecule has 0 radical (unpaired) electrons. The van der Waals surface area contributed by atoms with Gasteiger partial charge in [0.1, 0.15) is 5.75 Å². The molecule has 6 nitrogen and oxygen atoms in total. The van der Waals surface area contributed by atoms with Crippen LogP contribution >= 0.6 is 11.6 Å². The first-order valence-electron chi connectivity index (χ1n) is 6.15. The van der Waals surface area contributed by atoms with E-state index in [2.05, 4.69) is 0 Å². The Balaban J connectivity index is 2.27. The van der Waals surface area contributed by atoms with Gasteiger partial charge in [-0.25, -0.2) is 0 Å². The van der Waals surface area contributed by atoms with Crippen LogP contribution in [0, 0.1) is 10.1 Å². The quantitative estimate of drug-likeness (QED) is 0.283. The van der Waals surface area contributed by atoms with Crippen molar-refractivity contribution in [1.29, 1.82) is 0 Å². The van der Waals surface area contributed by atoms with E-state index in [1.807, 2.05) is 0 Å². The molecule has 0 fully saturated rings. The van der Waals surface area contributed by atoms with Gasteiger partial charge in [-0.1, -0.05) is 11.6 Å². The molecule has 112 valence electrons. The maximum Gasteiger partial charge on any atom is 0.308 e. The fourth-order valence-electron chi connectivity index (χ4n) is 1.78. The maximum absolute atomic E-state index is 12.3. The topological polar surface area (TPSA) is 86.5 Å². The summed E-state index contributed by atoms with van der Waals surface area (Å²) >= 11 is 5.95. The molecule has 0 amide bonds. The van der Waals surface area contributed by atoms with Gasteiger partial charge in [-0.15, -0.1) is 0 Å². The van der Waals surface area contributed by atoms with Crippen LogP contribution in [-0.2, 0) is 4.79 Å². The van der Waals surface area contributed by atoms with Crippen LogP contribution in [0.5, 0.6) is 5.75 Å². The lowest BCUT2D eigenvalue weighted by Gasteiger charge is -2.06. The van der Waals surface area contributed by atoms with Gasteiger partial charge in [0, 0.05) is 30.2 Å². The van der Waals surface area contributed by atoms with E-state index in [1.165, 1.54) is 49.4 Å². The molecule has 0 atom stereocenters. The van der Waals surface area contributed by atoms with E-state index in [-0.39, 0.29) is 27.8 Å². The predicted octanol–water partition coefficient (Wildman–Crippen LogP) is 3.40. The summed E-state index contributed by atoms with van der Waals surface area (Å²) in [5, 5.41) is 10.7. The fourth-order valence-corrected chi connectivity index (χ4v) is 2.00. The Hall–Kier alpha value is -2.73. The predicted molar refractivity (Wildman–Crippen MR) is 79.3 cm³/mol. The average Bonchev–Trinajstić information content (AvgIpc) is 2.48. The molecule has 0 saturated heterocycles. The summed E-state index contributed by atoms with van der Waals surface area (Å²) in [5.74, 6) is -0.697. The minimum atomic E-state index is -0.543. The number of ether oxygens (including phenoxy) is 1. The Morgan fingerprint density at radius 2 is 1.68 bits per heavy atom. The second-order valence-corrected chi connectivity index (χ2v) is 4.78. The lowest BCUT2D eigenvalue weighted by atomic mass is 10.0. The van der Waals surface area contributed by atoms with Crippen LogP contribution in [0.1, 0.15) is 22.8 Å². The molecule has 0 spiro atoms. The highest BCUT2D eigenvalue weighted by molar-refractivity contribution is 6.32. The molecule has 0 aliphatic rings. The van der Waals surface area contributed by atoms with Crippen molar-refractivity contribution in [2.24, 2.45) is 0 Å². The molecule has 2 rings (SSSR count). The second-order valence-electron chi connectivity index (χ2n) is 4.37. The Bertz CT molecular complexity index is 755. The summed E-state index contributed by atoms with van der Waals surface area (Å²) in [4.78, 5) is 33.2. The monoisotopic (exact) mass is 319 g/mol. The van der Waals surface area contributed by atoms with Gasteiger partial charge in [0.05, 0.1) is 9.95 Å². The number of benzene rings is 2. The summed E-state index contributed by atoms with van der Waals surface area (Å²) in [5.41, 5.74) is 0.483. The fraction of sp³-hybridized carbons (Fsp3) is 0.0667. The molecule has 0 bridgehead atoms. The van der Waals surface area contributed by atoms with Gasteiger partial charge in [-0.3, -0.25) is 19.7 Å². The van der Waals surface area contributed by atoms with Gasteiger partial charge in [0.2, 0.25) is 0 Å². The van der Waals surface area contributed by atoms with Crippen molar-refractivity contribution in [3.63, 3.8) is 0 Å². The lowest BCUT2D eigenvalue weighted by Crippen LogP contribution is -2.04. The number of nitrogens with zero attached hydrogens (tertiary/aromatic N) is 1. The Morgan fingerprint density at radius 1 is 1.09 bits per heavy atom. The molecule has 2 aromatic rings. The summed E-state index contributed by atoms with van der Waals surface area (Å²) in [6.07, 6.45) is 0. The van der Waals surface area contributed by atoms with Crippen LogP contribution in [0.25, 0.3) is 0 Å². The molecule has 0 aliphatic heterocycles. The number of carbonyl (C=O) groups excluding carboxylic acids is 2. The molecule has 0 saturated carbocycles. The molecular formula is C15H10ClNO5. The Labute approximate surface area is 130 Å². The van der Waals surface area contributed by atoms with Crippen molar-refractivity contribution < 1.29 is 19.2 Å². The number of nitro benzene ring substituents is 1. The van der Waals surface area contributed by atoms with E-state index < -0.39 is 10.9 Å². The number of ketones is 1. The van der Waals surface area contributed by atoms with Crippen LogP contribution in [-0.4, -0.2) is 16.7 Å². The van der Waals surface area contributed by atoms with Crippen LogP contribution < -0.4 is 4.74 Å². The third-order valence-electron chi connectivity index (χ3n) is 2.79. The van der Waals surface area contributed by atoms with Crippen molar-refractivity contribution >= 4 is 29.0 Å². The highest BCUT2D eigenvalue weighted by Crippen LogP contribution is 2.27. The van der Waals surface area contributed by atoms with Crippen molar-refractivity contribution in [1.82, 2.24) is 0 Å². The van der Waals surface area contributed by atoms with Gasteiger partial charge in [-0.05, 0) is 30.3 Å². The van der Waals surface area contributed by atoms with Gasteiger partial charge in [0.15, 0.2) is 5.78 Å². The normalized spacial score (nSPS) is 10.1. The standard InChI is InChI=1S/C15H10ClNO5/c1-9(18)22-14-7-4-11(8-13(14)16)15(19)10-2-5-12(6-3-10)17(20)21/h2-8H,1H3. The first kappa shape index (κ1) is 15.7. The molecule has 7 heteroatoms. The zero-order chi connectivity index (χ0) is 16.3. The highest BCUT2D eigenvalue weighted by Gasteiger charge is 2.14. The Kier molecular flexibility index (Phi) is 4.53. The first-order chi connectivity index (χ1) is 10.4. The summed E-state index contributed by atoms with van der Waals surface area (Å²) < 4.78 is 4.87. The number of esters is 1. The van der Waals surface area contributed by atoms with E-state index >= 15 is 0 Å². The van der Waals surface area contributed by atoms with Gasteiger partial charge < -0.3 is 4.74 Å². The van der Waals surface area contributed by atoms with Crippen molar-refractivity contribution in [3.8, 4) is 5.75 Å². The van der Waals surface area contributed by atoms with Crippen molar-refractivity contribution in [2.75, 3.05) is 0 Å². The molecule has 2 aromatic carbocycles. The average molecular weight is 320 g/mol. The molecule has 0 unspecified atom stereocenters. The van der Waals surface area contributed by atoms with Crippen LogP contribution in [0.4, 0.5) is 5.69 Å². The van der Waals surface area contributed by atoms with Crippen LogP contribution in [0.2, 0.25) is 5.02 Å². The minimum absolute atomic E-state index is 0.0974. The van der Waals surface area contributed by atoms with E-state index in [9.17, 15) is 19.7 Å². The van der Waals surface area contributed by atoms with E-state index in [1.54, 1.807) is 0 Å². The van der Waals surface area contributed by atoms with Crippen LogP contribution in [0.3, 0.4) is 0 Å². The number of hydrogen-bond donors (Lipinski definition) is 0. The molecule has 0 aliphatic carbocycles. The number of non-ortho nitro benzene ring substituents is 1. The van der Waals surface area contributed by atoms with Crippen molar-refractivity contribution in [3.05, 3.63) is 68.7 Å².